The number of hydrogen-bond acceptors (Lipinski definition) is 6. The van der Waals surface area contributed by atoms with Gasteiger partial charge in [-0.3, -0.25) is 4.79 Å². The number of benzene rings is 2. The molecule has 0 saturated heterocycles. The minimum Gasteiger partial charge on any atom is -0.489 e. The zero-order chi connectivity index (χ0) is 22.0. The minimum absolute atomic E-state index is 0.247. The summed E-state index contributed by atoms with van der Waals surface area (Å²) in [4.78, 5) is 28.2. The molecular formula is C24H22N2O5. The second-order valence-electron chi connectivity index (χ2n) is 7.29. The molecule has 0 aliphatic rings. The van der Waals surface area contributed by atoms with Gasteiger partial charge < -0.3 is 19.0 Å². The van der Waals surface area contributed by atoms with E-state index in [0.717, 1.165) is 27.9 Å². The number of esters is 1. The van der Waals surface area contributed by atoms with Gasteiger partial charge in [0.05, 0.1) is 16.8 Å². The number of Topliss-reactive ketones (excluding diaryl/α,β-unsaturated/α-hetero) is 1. The lowest BCUT2D eigenvalue weighted by atomic mass is 10.1. The smallest absolute Gasteiger partial charge is 0.338 e. The number of fused-ring (bicyclic) bond motifs is 1. The molecule has 31 heavy (non-hydrogen) atoms. The summed E-state index contributed by atoms with van der Waals surface area (Å²) in [6, 6.07) is 14.1. The van der Waals surface area contributed by atoms with Gasteiger partial charge in [0.1, 0.15) is 18.1 Å². The van der Waals surface area contributed by atoms with Crippen molar-refractivity contribution in [1.29, 1.82) is 0 Å². The highest BCUT2D eigenvalue weighted by Crippen LogP contribution is 2.23. The summed E-state index contributed by atoms with van der Waals surface area (Å²) < 4.78 is 16.1. The van der Waals surface area contributed by atoms with Gasteiger partial charge in [-0.1, -0.05) is 23.4 Å². The second kappa shape index (κ2) is 8.47. The lowest BCUT2D eigenvalue weighted by Crippen LogP contribution is -2.14. The van der Waals surface area contributed by atoms with E-state index in [9.17, 15) is 9.59 Å². The lowest BCUT2D eigenvalue weighted by Gasteiger charge is -2.08. The Labute approximate surface area is 179 Å². The number of ether oxygens (including phenoxy) is 2. The lowest BCUT2D eigenvalue weighted by molar-refractivity contribution is 0.0475. The van der Waals surface area contributed by atoms with Crippen LogP contribution < -0.4 is 4.74 Å². The molecule has 0 aliphatic carbocycles. The summed E-state index contributed by atoms with van der Waals surface area (Å²) in [5, 5.41) is 4.72. The van der Waals surface area contributed by atoms with Crippen LogP contribution in [-0.2, 0) is 11.3 Å². The highest BCUT2D eigenvalue weighted by atomic mass is 16.5. The number of aromatic nitrogens is 2. The number of aryl methyl sites for hydroxylation is 3. The molecule has 0 fully saturated rings. The zero-order valence-electron chi connectivity index (χ0n) is 17.5. The summed E-state index contributed by atoms with van der Waals surface area (Å²) >= 11 is 0. The third-order valence-corrected chi connectivity index (χ3v) is 5.16. The van der Waals surface area contributed by atoms with E-state index >= 15 is 0 Å². The topological polar surface area (TPSA) is 94.4 Å². The van der Waals surface area contributed by atoms with Crippen molar-refractivity contribution in [2.75, 3.05) is 6.61 Å². The largest absolute Gasteiger partial charge is 0.489 e. The summed E-state index contributed by atoms with van der Waals surface area (Å²) in [5.41, 5.74) is 4.20. The summed E-state index contributed by atoms with van der Waals surface area (Å²) in [5.74, 6) is 0.501. The molecule has 7 nitrogen and oxygen atoms in total. The van der Waals surface area contributed by atoms with Crippen molar-refractivity contribution < 1.29 is 23.6 Å². The Hall–Kier alpha value is -3.87. The van der Waals surface area contributed by atoms with E-state index in [0.29, 0.717) is 29.2 Å². The van der Waals surface area contributed by atoms with Crippen LogP contribution in [0.3, 0.4) is 0 Å². The molecule has 0 saturated carbocycles. The number of nitrogens with one attached hydrogen (secondary N) is 1. The van der Waals surface area contributed by atoms with Gasteiger partial charge in [0.15, 0.2) is 6.61 Å². The van der Waals surface area contributed by atoms with Crippen LogP contribution in [0.2, 0.25) is 0 Å². The van der Waals surface area contributed by atoms with Crippen molar-refractivity contribution in [3.05, 3.63) is 82.4 Å². The molecule has 0 spiro atoms. The molecule has 0 amide bonds. The van der Waals surface area contributed by atoms with Crippen LogP contribution in [0.5, 0.6) is 5.75 Å². The minimum atomic E-state index is -0.567. The van der Waals surface area contributed by atoms with E-state index < -0.39 is 5.97 Å². The van der Waals surface area contributed by atoms with Gasteiger partial charge in [-0.15, -0.1) is 0 Å². The Morgan fingerprint density at radius 3 is 2.48 bits per heavy atom. The number of hydrogen-bond donors (Lipinski definition) is 1. The maximum atomic E-state index is 12.7. The Bertz CT molecular complexity index is 1230. The van der Waals surface area contributed by atoms with Crippen LogP contribution in [0.4, 0.5) is 0 Å². The van der Waals surface area contributed by atoms with E-state index in [1.54, 1.807) is 24.3 Å². The summed E-state index contributed by atoms with van der Waals surface area (Å²) in [7, 11) is 0. The van der Waals surface area contributed by atoms with E-state index in [-0.39, 0.29) is 12.4 Å². The molecule has 2 aromatic heterocycles. The quantitative estimate of drug-likeness (QED) is 0.345. The van der Waals surface area contributed by atoms with Crippen molar-refractivity contribution in [1.82, 2.24) is 10.1 Å². The molecule has 1 N–H and O–H groups in total. The highest BCUT2D eigenvalue weighted by Gasteiger charge is 2.18. The fraction of sp³-hybridized carbons (Fsp3) is 0.208. The van der Waals surface area contributed by atoms with Gasteiger partial charge in [0.2, 0.25) is 5.78 Å². The summed E-state index contributed by atoms with van der Waals surface area (Å²) in [6.45, 7) is 5.51. The number of rotatable bonds is 7. The van der Waals surface area contributed by atoms with Gasteiger partial charge in [0, 0.05) is 22.2 Å². The third-order valence-electron chi connectivity index (χ3n) is 5.16. The first-order valence-electron chi connectivity index (χ1n) is 9.86. The second-order valence-corrected chi connectivity index (χ2v) is 7.29. The van der Waals surface area contributed by atoms with E-state index in [1.165, 1.54) is 0 Å². The number of nitrogens with zero attached hydrogens (tertiary/aromatic N) is 1. The highest BCUT2D eigenvalue weighted by molar-refractivity contribution is 6.10. The Balaban J connectivity index is 1.36. The normalized spacial score (nSPS) is 10.9. The molecule has 2 aromatic carbocycles. The third kappa shape index (κ3) is 4.21. The Morgan fingerprint density at radius 2 is 1.77 bits per heavy atom. The number of carbonyl (C=O) groups excluding carboxylic acids is 2. The predicted octanol–water partition coefficient (Wildman–Crippen LogP) is 4.70. The van der Waals surface area contributed by atoms with Gasteiger partial charge in [0.25, 0.3) is 0 Å². The molecule has 4 aromatic rings. The van der Waals surface area contributed by atoms with Crippen LogP contribution in [0.15, 0.2) is 53.1 Å². The first-order chi connectivity index (χ1) is 14.9. The van der Waals surface area contributed by atoms with Gasteiger partial charge >= 0.3 is 5.97 Å². The van der Waals surface area contributed by atoms with Crippen molar-refractivity contribution in [2.45, 2.75) is 27.4 Å². The first kappa shape index (κ1) is 20.4. The molecule has 0 atom stereocenters. The zero-order valence-corrected chi connectivity index (χ0v) is 17.5. The Kier molecular flexibility index (Phi) is 5.58. The predicted molar refractivity (Wildman–Crippen MR) is 114 cm³/mol. The van der Waals surface area contributed by atoms with Crippen molar-refractivity contribution >= 4 is 22.7 Å². The maximum Gasteiger partial charge on any atom is 0.338 e. The van der Waals surface area contributed by atoms with E-state index in [2.05, 4.69) is 10.1 Å². The van der Waals surface area contributed by atoms with E-state index in [1.807, 2.05) is 45.0 Å². The van der Waals surface area contributed by atoms with Crippen molar-refractivity contribution in [2.24, 2.45) is 0 Å². The molecule has 2 heterocycles. The number of aromatic amines is 1. The van der Waals surface area contributed by atoms with E-state index in [4.69, 9.17) is 14.0 Å². The Morgan fingerprint density at radius 1 is 1.03 bits per heavy atom. The number of para-hydroxylation sites is 1. The van der Waals surface area contributed by atoms with Crippen LogP contribution in [0.25, 0.3) is 10.9 Å². The van der Waals surface area contributed by atoms with Crippen LogP contribution in [-0.4, -0.2) is 28.5 Å². The van der Waals surface area contributed by atoms with Gasteiger partial charge in [-0.25, -0.2) is 4.79 Å². The fourth-order valence-corrected chi connectivity index (χ4v) is 3.47. The molecule has 0 aliphatic heterocycles. The van der Waals surface area contributed by atoms with Crippen LogP contribution in [0, 0.1) is 20.8 Å². The number of H-pyrrole nitrogens is 1. The van der Waals surface area contributed by atoms with Crippen molar-refractivity contribution in [3.8, 4) is 5.75 Å². The molecule has 158 valence electrons. The SMILES string of the molecule is Cc1noc(C)c1COc1ccc(C(=O)OCC(=O)c2c(C)[nH]c3ccccc23)cc1. The first-order valence-corrected chi connectivity index (χ1v) is 9.86. The fourth-order valence-electron chi connectivity index (χ4n) is 3.47. The molecule has 0 radical (unpaired) electrons. The van der Waals surface area contributed by atoms with Crippen molar-refractivity contribution in [3.63, 3.8) is 0 Å². The molecular weight excluding hydrogens is 396 g/mol. The summed E-state index contributed by atoms with van der Waals surface area (Å²) in [6.07, 6.45) is 0. The molecule has 4 rings (SSSR count). The van der Waals surface area contributed by atoms with Crippen LogP contribution >= 0.6 is 0 Å². The number of carbonyl (C=O) groups is 2. The molecule has 7 heteroatoms. The number of ketones is 1. The maximum absolute atomic E-state index is 12.7. The van der Waals surface area contributed by atoms with Crippen LogP contribution in [0.1, 0.15) is 43.4 Å². The van der Waals surface area contributed by atoms with Gasteiger partial charge in [-0.2, -0.15) is 0 Å². The monoisotopic (exact) mass is 418 g/mol. The standard InChI is InChI=1S/C24H22N2O5/c1-14-20(16(3)31-26-14)12-29-18-10-8-17(9-11-18)24(28)30-13-22(27)23-15(2)25-21-7-5-4-6-19(21)23/h4-11,25H,12-13H2,1-3H3. The molecule has 0 unspecified atom stereocenters. The van der Waals surface area contributed by atoms with Gasteiger partial charge in [-0.05, 0) is 51.1 Å². The average Bonchev–Trinajstić information content (AvgIpc) is 3.28. The average molecular weight is 418 g/mol. The molecule has 0 bridgehead atoms.